The van der Waals surface area contributed by atoms with Gasteiger partial charge in [-0.25, -0.2) is 0 Å². The lowest BCUT2D eigenvalue weighted by molar-refractivity contribution is -0.121. The van der Waals surface area contributed by atoms with Crippen LogP contribution in [0.2, 0.25) is 0 Å². The van der Waals surface area contributed by atoms with Gasteiger partial charge in [0.05, 0.1) is 10.8 Å². The molecule has 0 radical (unpaired) electrons. The van der Waals surface area contributed by atoms with E-state index in [-0.39, 0.29) is 23.6 Å². The number of likely N-dealkylation sites (tertiary alicyclic amines) is 2. The number of thiophene rings is 1. The topological polar surface area (TPSA) is 69.7 Å². The van der Waals surface area contributed by atoms with Crippen molar-refractivity contribution in [3.8, 4) is 0 Å². The quantitative estimate of drug-likeness (QED) is 0.837. The molecule has 3 amide bonds. The molecule has 2 aliphatic rings. The van der Waals surface area contributed by atoms with Gasteiger partial charge in [0.1, 0.15) is 0 Å². The maximum absolute atomic E-state index is 12.7. The van der Waals surface area contributed by atoms with Gasteiger partial charge < -0.3 is 15.1 Å². The Morgan fingerprint density at radius 3 is 2.31 bits per heavy atom. The minimum atomic E-state index is -0.224. The Hall–Kier alpha value is -2.67. The van der Waals surface area contributed by atoms with Crippen LogP contribution in [-0.2, 0) is 4.79 Å². The molecule has 7 heteroatoms. The van der Waals surface area contributed by atoms with Crippen LogP contribution < -0.4 is 5.32 Å². The summed E-state index contributed by atoms with van der Waals surface area (Å²) >= 11 is 1.43. The number of piperidine rings is 1. The molecule has 4 rings (SSSR count). The number of nitrogens with zero attached hydrogens (tertiary/aromatic N) is 2. The van der Waals surface area contributed by atoms with E-state index in [4.69, 9.17) is 0 Å². The number of rotatable bonds is 4. The highest BCUT2D eigenvalue weighted by Gasteiger charge is 2.29. The first kappa shape index (κ1) is 19.6. The van der Waals surface area contributed by atoms with E-state index in [1.807, 2.05) is 22.4 Å². The molecule has 1 aromatic heterocycles. The Balaban J connectivity index is 1.35. The van der Waals surface area contributed by atoms with Crippen molar-refractivity contribution in [3.63, 3.8) is 0 Å². The maximum atomic E-state index is 12.7. The van der Waals surface area contributed by atoms with Gasteiger partial charge in [-0.2, -0.15) is 0 Å². The van der Waals surface area contributed by atoms with E-state index in [0.717, 1.165) is 38.8 Å². The van der Waals surface area contributed by atoms with Crippen LogP contribution in [0.15, 0.2) is 41.8 Å². The zero-order valence-corrected chi connectivity index (χ0v) is 17.1. The Morgan fingerprint density at radius 2 is 1.62 bits per heavy atom. The molecular formula is C22H25N3O3S. The zero-order valence-electron chi connectivity index (χ0n) is 16.3. The Labute approximate surface area is 174 Å². The summed E-state index contributed by atoms with van der Waals surface area (Å²) in [5.41, 5.74) is 1.32. The van der Waals surface area contributed by atoms with Gasteiger partial charge in [-0.05, 0) is 61.4 Å². The molecule has 0 spiro atoms. The van der Waals surface area contributed by atoms with Crippen molar-refractivity contribution in [1.29, 1.82) is 0 Å². The standard InChI is InChI=1S/C22H25N3O3S/c26-20(17-5-3-13-25(15-17)22(28)19-6-4-14-29-19)23-18-9-7-16(8-10-18)21(27)24-11-1-2-12-24/h4,6-10,14,17H,1-3,5,11-13,15H2,(H,23,26). The number of carbonyl (C=O) groups excluding carboxylic acids is 3. The van der Waals surface area contributed by atoms with E-state index in [9.17, 15) is 14.4 Å². The van der Waals surface area contributed by atoms with Crippen molar-refractivity contribution in [3.05, 3.63) is 52.2 Å². The molecule has 2 aromatic rings. The minimum Gasteiger partial charge on any atom is -0.339 e. The van der Waals surface area contributed by atoms with E-state index in [2.05, 4.69) is 5.32 Å². The van der Waals surface area contributed by atoms with Gasteiger partial charge in [-0.1, -0.05) is 6.07 Å². The van der Waals surface area contributed by atoms with Crippen LogP contribution in [-0.4, -0.2) is 53.7 Å². The van der Waals surface area contributed by atoms with Crippen LogP contribution in [0.4, 0.5) is 5.69 Å². The highest BCUT2D eigenvalue weighted by atomic mass is 32.1. The van der Waals surface area contributed by atoms with Crippen LogP contribution in [0.25, 0.3) is 0 Å². The predicted molar refractivity (Wildman–Crippen MR) is 113 cm³/mol. The molecule has 1 N–H and O–H groups in total. The number of amides is 3. The molecule has 1 unspecified atom stereocenters. The van der Waals surface area contributed by atoms with Crippen molar-refractivity contribution in [2.75, 3.05) is 31.5 Å². The van der Waals surface area contributed by atoms with Gasteiger partial charge in [0, 0.05) is 37.4 Å². The van der Waals surface area contributed by atoms with Gasteiger partial charge in [-0.15, -0.1) is 11.3 Å². The Morgan fingerprint density at radius 1 is 0.897 bits per heavy atom. The molecule has 29 heavy (non-hydrogen) atoms. The van der Waals surface area contributed by atoms with Crippen LogP contribution in [0.3, 0.4) is 0 Å². The third-order valence-electron chi connectivity index (χ3n) is 5.60. The van der Waals surface area contributed by atoms with E-state index < -0.39 is 0 Å². The lowest BCUT2D eigenvalue weighted by Gasteiger charge is -2.31. The third-order valence-corrected chi connectivity index (χ3v) is 6.46. The van der Waals surface area contributed by atoms with Crippen molar-refractivity contribution in [1.82, 2.24) is 9.80 Å². The van der Waals surface area contributed by atoms with E-state index in [0.29, 0.717) is 29.2 Å². The van der Waals surface area contributed by atoms with Crippen molar-refractivity contribution in [2.24, 2.45) is 5.92 Å². The lowest BCUT2D eigenvalue weighted by Crippen LogP contribution is -2.43. The molecule has 2 saturated heterocycles. The molecule has 1 aromatic carbocycles. The fourth-order valence-corrected chi connectivity index (χ4v) is 4.67. The third kappa shape index (κ3) is 4.50. The van der Waals surface area contributed by atoms with E-state index in [1.165, 1.54) is 11.3 Å². The number of nitrogens with one attached hydrogen (secondary N) is 1. The van der Waals surface area contributed by atoms with Crippen molar-refractivity contribution >= 4 is 34.7 Å². The SMILES string of the molecule is O=C(Nc1ccc(C(=O)N2CCCC2)cc1)C1CCCN(C(=O)c2cccs2)C1. The molecule has 0 aliphatic carbocycles. The van der Waals surface area contributed by atoms with Gasteiger partial charge in [0.15, 0.2) is 0 Å². The lowest BCUT2D eigenvalue weighted by atomic mass is 9.96. The van der Waals surface area contributed by atoms with E-state index in [1.54, 1.807) is 29.2 Å². The smallest absolute Gasteiger partial charge is 0.263 e. The summed E-state index contributed by atoms with van der Waals surface area (Å²) in [6.45, 7) is 2.77. The molecule has 0 saturated carbocycles. The van der Waals surface area contributed by atoms with Gasteiger partial charge in [0.25, 0.3) is 11.8 Å². The average molecular weight is 412 g/mol. The van der Waals surface area contributed by atoms with Crippen LogP contribution in [0, 0.1) is 5.92 Å². The van der Waals surface area contributed by atoms with Crippen molar-refractivity contribution in [2.45, 2.75) is 25.7 Å². The second kappa shape index (κ2) is 8.78. The monoisotopic (exact) mass is 411 g/mol. The largest absolute Gasteiger partial charge is 0.339 e. The normalized spacial score (nSPS) is 19.2. The van der Waals surface area contributed by atoms with Gasteiger partial charge in [0.2, 0.25) is 5.91 Å². The van der Waals surface area contributed by atoms with E-state index >= 15 is 0 Å². The zero-order chi connectivity index (χ0) is 20.2. The van der Waals surface area contributed by atoms with Crippen LogP contribution in [0.5, 0.6) is 0 Å². The second-order valence-corrected chi connectivity index (χ2v) is 8.58. The first-order valence-corrected chi connectivity index (χ1v) is 11.0. The molecular weight excluding hydrogens is 386 g/mol. The van der Waals surface area contributed by atoms with Crippen LogP contribution >= 0.6 is 11.3 Å². The number of anilines is 1. The number of hydrogen-bond acceptors (Lipinski definition) is 4. The fraction of sp³-hybridized carbons (Fsp3) is 0.409. The number of carbonyl (C=O) groups is 3. The molecule has 3 heterocycles. The summed E-state index contributed by atoms with van der Waals surface area (Å²) in [6.07, 6.45) is 3.71. The summed E-state index contributed by atoms with van der Waals surface area (Å²) in [5.74, 6) is -0.247. The predicted octanol–water partition coefficient (Wildman–Crippen LogP) is 3.48. The number of benzene rings is 1. The second-order valence-electron chi connectivity index (χ2n) is 7.63. The first-order valence-electron chi connectivity index (χ1n) is 10.1. The summed E-state index contributed by atoms with van der Waals surface area (Å²) < 4.78 is 0. The molecule has 152 valence electrons. The summed E-state index contributed by atoms with van der Waals surface area (Å²) in [6, 6.07) is 10.8. The summed E-state index contributed by atoms with van der Waals surface area (Å²) in [7, 11) is 0. The van der Waals surface area contributed by atoms with Gasteiger partial charge >= 0.3 is 0 Å². The molecule has 0 bridgehead atoms. The Kier molecular flexibility index (Phi) is 5.94. The van der Waals surface area contributed by atoms with Crippen molar-refractivity contribution < 1.29 is 14.4 Å². The molecule has 2 aliphatic heterocycles. The highest BCUT2D eigenvalue weighted by Crippen LogP contribution is 2.22. The molecule has 1 atom stereocenters. The number of hydrogen-bond donors (Lipinski definition) is 1. The first-order chi connectivity index (χ1) is 14.1. The average Bonchev–Trinajstić information content (AvgIpc) is 3.47. The Bertz CT molecular complexity index is 873. The highest BCUT2D eigenvalue weighted by molar-refractivity contribution is 7.12. The van der Waals surface area contributed by atoms with Crippen LogP contribution in [0.1, 0.15) is 45.7 Å². The summed E-state index contributed by atoms with van der Waals surface area (Å²) in [5, 5.41) is 4.83. The minimum absolute atomic E-state index is 0.00211. The molecule has 6 nitrogen and oxygen atoms in total. The summed E-state index contributed by atoms with van der Waals surface area (Å²) in [4.78, 5) is 42.1. The van der Waals surface area contributed by atoms with Gasteiger partial charge in [-0.3, -0.25) is 14.4 Å². The maximum Gasteiger partial charge on any atom is 0.263 e. The fourth-order valence-electron chi connectivity index (χ4n) is 3.97. The molecule has 2 fully saturated rings.